The van der Waals surface area contributed by atoms with Crippen molar-refractivity contribution in [1.82, 2.24) is 9.78 Å². The number of aromatic carboxylic acids is 1. The van der Waals surface area contributed by atoms with Crippen LogP contribution in [0.1, 0.15) is 30.2 Å². The molecule has 0 aliphatic heterocycles. The highest BCUT2D eigenvalue weighted by Crippen LogP contribution is 2.31. The van der Waals surface area contributed by atoms with Crippen molar-refractivity contribution in [3.8, 4) is 17.0 Å². The Labute approximate surface area is 104 Å². The molecular weight excluding hydrogens is 232 g/mol. The van der Waals surface area contributed by atoms with E-state index in [4.69, 9.17) is 5.11 Å². The molecule has 0 radical (unpaired) electrons. The molecule has 0 aliphatic carbocycles. The minimum Gasteiger partial charge on any atom is -0.507 e. The number of aromatic nitrogens is 2. The third-order valence-electron chi connectivity index (χ3n) is 2.68. The van der Waals surface area contributed by atoms with Gasteiger partial charge in [0.25, 0.3) is 0 Å². The molecule has 2 rings (SSSR count). The van der Waals surface area contributed by atoms with E-state index in [-0.39, 0.29) is 17.4 Å². The number of carboxylic acids is 1. The minimum absolute atomic E-state index is 0.0581. The Morgan fingerprint density at radius 1 is 1.33 bits per heavy atom. The average Bonchev–Trinajstić information content (AvgIpc) is 2.77. The summed E-state index contributed by atoms with van der Waals surface area (Å²) in [5.41, 5.74) is 1.40. The number of benzene rings is 1. The molecule has 5 heteroatoms. The van der Waals surface area contributed by atoms with Gasteiger partial charge in [0.15, 0.2) is 0 Å². The van der Waals surface area contributed by atoms with E-state index in [0.29, 0.717) is 5.56 Å². The van der Waals surface area contributed by atoms with Gasteiger partial charge in [0, 0.05) is 17.8 Å². The number of rotatable bonds is 3. The first-order chi connectivity index (χ1) is 8.50. The number of phenolic OH excluding ortho intramolecular Hbond substituents is 1. The van der Waals surface area contributed by atoms with Crippen LogP contribution in [0.2, 0.25) is 0 Å². The van der Waals surface area contributed by atoms with Crippen molar-refractivity contribution in [3.05, 3.63) is 36.0 Å². The Balaban J connectivity index is 2.51. The zero-order chi connectivity index (χ0) is 13.3. The van der Waals surface area contributed by atoms with Gasteiger partial charge in [0.1, 0.15) is 5.75 Å². The number of carboxylic acid groups (broad SMARTS) is 1. The van der Waals surface area contributed by atoms with Crippen LogP contribution in [0, 0.1) is 0 Å². The predicted molar refractivity (Wildman–Crippen MR) is 66.7 cm³/mol. The number of aromatic hydroxyl groups is 1. The lowest BCUT2D eigenvalue weighted by Gasteiger charge is -2.12. The van der Waals surface area contributed by atoms with E-state index >= 15 is 0 Å². The fourth-order valence-corrected chi connectivity index (χ4v) is 1.82. The molecule has 0 bridgehead atoms. The highest BCUT2D eigenvalue weighted by atomic mass is 16.4. The van der Waals surface area contributed by atoms with Gasteiger partial charge in [0.05, 0.1) is 11.3 Å². The zero-order valence-electron chi connectivity index (χ0n) is 10.2. The minimum atomic E-state index is -1.06. The Morgan fingerprint density at radius 2 is 2.06 bits per heavy atom. The molecule has 1 aromatic heterocycles. The molecule has 2 aromatic rings. The lowest BCUT2D eigenvalue weighted by molar-refractivity contribution is 0.0696. The molecule has 5 nitrogen and oxygen atoms in total. The lowest BCUT2D eigenvalue weighted by atomic mass is 10.1. The second-order valence-corrected chi connectivity index (χ2v) is 4.29. The molecule has 1 aromatic carbocycles. The van der Waals surface area contributed by atoms with Gasteiger partial charge in [-0.15, -0.1) is 0 Å². The van der Waals surface area contributed by atoms with Crippen LogP contribution in [0.3, 0.4) is 0 Å². The molecule has 0 spiro atoms. The number of hydrogen-bond acceptors (Lipinski definition) is 3. The molecular formula is C13H14N2O3. The third-order valence-corrected chi connectivity index (χ3v) is 2.68. The summed E-state index contributed by atoms with van der Waals surface area (Å²) in [6.07, 6.45) is 1.65. The van der Waals surface area contributed by atoms with Gasteiger partial charge in [-0.2, -0.15) is 5.10 Å². The first kappa shape index (κ1) is 12.2. The second kappa shape index (κ2) is 4.52. The Kier molecular flexibility index (Phi) is 3.06. The monoisotopic (exact) mass is 246 g/mol. The molecule has 0 saturated carbocycles. The molecule has 0 amide bonds. The van der Waals surface area contributed by atoms with Crippen molar-refractivity contribution < 1.29 is 15.0 Å². The Hall–Kier alpha value is -2.30. The van der Waals surface area contributed by atoms with Gasteiger partial charge in [-0.05, 0) is 38.1 Å². The SMILES string of the molecule is CC(C)n1nccc1-c1ccc(C(=O)O)cc1O. The zero-order valence-corrected chi connectivity index (χ0v) is 10.2. The summed E-state index contributed by atoms with van der Waals surface area (Å²) < 4.78 is 1.77. The molecule has 2 N–H and O–H groups in total. The van der Waals surface area contributed by atoms with Crippen LogP contribution in [0.5, 0.6) is 5.75 Å². The van der Waals surface area contributed by atoms with Gasteiger partial charge in [0.2, 0.25) is 0 Å². The summed E-state index contributed by atoms with van der Waals surface area (Å²) in [6, 6.07) is 6.25. The smallest absolute Gasteiger partial charge is 0.335 e. The van der Waals surface area contributed by atoms with Crippen LogP contribution >= 0.6 is 0 Å². The summed E-state index contributed by atoms with van der Waals surface area (Å²) in [6.45, 7) is 3.97. The first-order valence-electron chi connectivity index (χ1n) is 5.61. The van der Waals surface area contributed by atoms with E-state index in [1.165, 1.54) is 12.1 Å². The Bertz CT molecular complexity index is 588. The fraction of sp³-hybridized carbons (Fsp3) is 0.231. The van der Waals surface area contributed by atoms with Crippen LogP contribution in [0.25, 0.3) is 11.3 Å². The Morgan fingerprint density at radius 3 is 2.61 bits per heavy atom. The van der Waals surface area contributed by atoms with Crippen molar-refractivity contribution in [1.29, 1.82) is 0 Å². The van der Waals surface area contributed by atoms with Gasteiger partial charge in [-0.25, -0.2) is 4.79 Å². The normalized spacial score (nSPS) is 10.8. The maximum absolute atomic E-state index is 10.8. The summed E-state index contributed by atoms with van der Waals surface area (Å²) >= 11 is 0. The maximum Gasteiger partial charge on any atom is 0.335 e. The van der Waals surface area contributed by atoms with Crippen molar-refractivity contribution in [2.45, 2.75) is 19.9 Å². The maximum atomic E-state index is 10.8. The summed E-state index contributed by atoms with van der Waals surface area (Å²) in [7, 11) is 0. The number of phenols is 1. The lowest BCUT2D eigenvalue weighted by Crippen LogP contribution is -2.05. The molecule has 0 aliphatic rings. The van der Waals surface area contributed by atoms with E-state index in [0.717, 1.165) is 5.69 Å². The number of carbonyl (C=O) groups is 1. The fourth-order valence-electron chi connectivity index (χ4n) is 1.82. The summed E-state index contributed by atoms with van der Waals surface area (Å²) in [5, 5.41) is 22.9. The van der Waals surface area contributed by atoms with Gasteiger partial charge >= 0.3 is 5.97 Å². The van der Waals surface area contributed by atoms with E-state index in [2.05, 4.69) is 5.10 Å². The van der Waals surface area contributed by atoms with Crippen molar-refractivity contribution in [3.63, 3.8) is 0 Å². The van der Waals surface area contributed by atoms with Crippen LogP contribution < -0.4 is 0 Å². The molecule has 1 heterocycles. The second-order valence-electron chi connectivity index (χ2n) is 4.29. The topological polar surface area (TPSA) is 75.4 Å². The van der Waals surface area contributed by atoms with Gasteiger partial charge in [-0.1, -0.05) is 0 Å². The largest absolute Gasteiger partial charge is 0.507 e. The van der Waals surface area contributed by atoms with Crippen LogP contribution in [0.15, 0.2) is 30.5 Å². The standard InChI is InChI=1S/C13H14N2O3/c1-8(2)15-11(5-6-14-15)10-4-3-9(13(17)18)7-12(10)16/h3-8,16H,1-2H3,(H,17,18). The number of nitrogens with zero attached hydrogens (tertiary/aromatic N) is 2. The average molecular weight is 246 g/mol. The highest BCUT2D eigenvalue weighted by Gasteiger charge is 2.14. The molecule has 0 atom stereocenters. The highest BCUT2D eigenvalue weighted by molar-refractivity contribution is 5.89. The van der Waals surface area contributed by atoms with Gasteiger partial charge < -0.3 is 10.2 Å². The molecule has 0 unspecified atom stereocenters. The van der Waals surface area contributed by atoms with E-state index in [1.54, 1.807) is 23.0 Å². The van der Waals surface area contributed by atoms with Gasteiger partial charge in [-0.3, -0.25) is 4.68 Å². The summed E-state index contributed by atoms with van der Waals surface area (Å²) in [4.78, 5) is 10.8. The van der Waals surface area contributed by atoms with Crippen LogP contribution in [-0.2, 0) is 0 Å². The molecule has 94 valence electrons. The van der Waals surface area contributed by atoms with Crippen molar-refractivity contribution >= 4 is 5.97 Å². The van der Waals surface area contributed by atoms with Crippen LogP contribution in [-0.4, -0.2) is 26.0 Å². The predicted octanol–water partition coefficient (Wildman–Crippen LogP) is 2.53. The third kappa shape index (κ3) is 2.07. The van der Waals surface area contributed by atoms with E-state index < -0.39 is 5.97 Å². The molecule has 0 saturated heterocycles. The van der Waals surface area contributed by atoms with Crippen LogP contribution in [0.4, 0.5) is 0 Å². The quantitative estimate of drug-likeness (QED) is 0.872. The van der Waals surface area contributed by atoms with E-state index in [1.807, 2.05) is 13.8 Å². The molecule has 0 fully saturated rings. The molecule has 18 heavy (non-hydrogen) atoms. The van der Waals surface area contributed by atoms with Crippen molar-refractivity contribution in [2.24, 2.45) is 0 Å². The summed E-state index contributed by atoms with van der Waals surface area (Å²) in [5.74, 6) is -1.12. The van der Waals surface area contributed by atoms with E-state index in [9.17, 15) is 9.90 Å². The first-order valence-corrected chi connectivity index (χ1v) is 5.61. The van der Waals surface area contributed by atoms with Crippen molar-refractivity contribution in [2.75, 3.05) is 0 Å². The number of hydrogen-bond donors (Lipinski definition) is 2.